The van der Waals surface area contributed by atoms with Crippen molar-refractivity contribution >= 4 is 29.2 Å². The van der Waals surface area contributed by atoms with Crippen LogP contribution in [0.2, 0.25) is 5.02 Å². The average Bonchev–Trinajstić information content (AvgIpc) is 3.02. The van der Waals surface area contributed by atoms with E-state index in [1.807, 2.05) is 34.9 Å². The molecule has 0 saturated heterocycles. The van der Waals surface area contributed by atoms with Gasteiger partial charge in [-0.25, -0.2) is 13.6 Å². The van der Waals surface area contributed by atoms with Gasteiger partial charge in [-0.15, -0.1) is 0 Å². The van der Waals surface area contributed by atoms with Crippen LogP contribution in [-0.2, 0) is 13.1 Å². The lowest BCUT2D eigenvalue weighted by Gasteiger charge is -2.30. The second-order valence-corrected chi connectivity index (χ2v) is 7.19. The third-order valence-corrected chi connectivity index (χ3v) is 5.39. The first-order chi connectivity index (χ1) is 14.4. The Morgan fingerprint density at radius 1 is 1.00 bits per heavy atom. The van der Waals surface area contributed by atoms with Crippen molar-refractivity contribution in [2.45, 2.75) is 13.1 Å². The summed E-state index contributed by atoms with van der Waals surface area (Å²) in [6.07, 6.45) is 0. The molecule has 1 aliphatic heterocycles. The minimum Gasteiger partial charge on any atom is -0.365 e. The molecule has 0 unspecified atom stereocenters. The predicted molar refractivity (Wildman–Crippen MR) is 109 cm³/mol. The van der Waals surface area contributed by atoms with Gasteiger partial charge in [-0.05, 0) is 17.7 Å². The minimum atomic E-state index is -0.879. The fraction of sp³-hybridized carbons (Fsp3) is 0.143. The number of fused-ring (bicyclic) bond motifs is 1. The van der Waals surface area contributed by atoms with Crippen molar-refractivity contribution in [2.75, 3.05) is 11.9 Å². The summed E-state index contributed by atoms with van der Waals surface area (Å²) in [6, 6.07) is 11.9. The molecule has 2 heterocycles. The number of nitrogens with one attached hydrogen (secondary N) is 1. The van der Waals surface area contributed by atoms with E-state index in [0.717, 1.165) is 17.7 Å². The highest BCUT2D eigenvalue weighted by atomic mass is 35.5. The molecule has 30 heavy (non-hydrogen) atoms. The number of para-hydroxylation sites is 1. The summed E-state index contributed by atoms with van der Waals surface area (Å²) in [6.45, 7) is 0.588. The number of urea groups is 1. The van der Waals surface area contributed by atoms with Crippen molar-refractivity contribution in [1.82, 2.24) is 9.47 Å². The lowest BCUT2D eigenvalue weighted by atomic mass is 10.1. The van der Waals surface area contributed by atoms with E-state index in [0.29, 0.717) is 17.9 Å². The molecule has 0 radical (unpaired) electrons. The summed E-state index contributed by atoms with van der Waals surface area (Å²) in [7, 11) is 0. The maximum absolute atomic E-state index is 13.9. The molecule has 3 amide bonds. The van der Waals surface area contributed by atoms with E-state index >= 15 is 0 Å². The quantitative estimate of drug-likeness (QED) is 0.652. The molecule has 3 N–H and O–H groups in total. The van der Waals surface area contributed by atoms with Crippen LogP contribution in [0.4, 0.5) is 19.3 Å². The van der Waals surface area contributed by atoms with Gasteiger partial charge < -0.3 is 20.5 Å². The van der Waals surface area contributed by atoms with E-state index < -0.39 is 29.3 Å². The number of benzene rings is 2. The number of hydrogen-bond donors (Lipinski definition) is 2. The first-order valence-electron chi connectivity index (χ1n) is 9.14. The number of aromatic nitrogens is 1. The topological polar surface area (TPSA) is 80.4 Å². The summed E-state index contributed by atoms with van der Waals surface area (Å²) in [5.74, 6) is -2.47. The minimum absolute atomic E-state index is 0.00668. The second kappa shape index (κ2) is 7.79. The van der Waals surface area contributed by atoms with Crippen molar-refractivity contribution in [2.24, 2.45) is 5.73 Å². The largest absolute Gasteiger partial charge is 0.365 e. The Kier molecular flexibility index (Phi) is 5.17. The Labute approximate surface area is 175 Å². The number of anilines is 1. The first-order valence-corrected chi connectivity index (χ1v) is 9.52. The van der Waals surface area contributed by atoms with Crippen LogP contribution in [0.25, 0.3) is 11.3 Å². The van der Waals surface area contributed by atoms with Gasteiger partial charge in [0.25, 0.3) is 5.91 Å². The molecule has 0 fully saturated rings. The summed E-state index contributed by atoms with van der Waals surface area (Å²) in [5.41, 5.74) is 7.09. The molecule has 6 nitrogen and oxygen atoms in total. The van der Waals surface area contributed by atoms with Gasteiger partial charge in [0.15, 0.2) is 0 Å². The van der Waals surface area contributed by atoms with Crippen LogP contribution in [0.5, 0.6) is 0 Å². The molecule has 0 aliphatic carbocycles. The fourth-order valence-electron chi connectivity index (χ4n) is 3.63. The third-order valence-electron chi connectivity index (χ3n) is 5.02. The van der Waals surface area contributed by atoms with Gasteiger partial charge in [0, 0.05) is 13.1 Å². The number of nitrogens with zero attached hydrogens (tertiary/aromatic N) is 2. The molecular weight excluding hydrogens is 414 g/mol. The summed E-state index contributed by atoms with van der Waals surface area (Å²) in [4.78, 5) is 26.1. The van der Waals surface area contributed by atoms with Crippen molar-refractivity contribution in [3.8, 4) is 11.3 Å². The Balaban J connectivity index is 1.68. The lowest BCUT2D eigenvalue weighted by Crippen LogP contribution is -2.41. The normalized spacial score (nSPS) is 13.1. The Morgan fingerprint density at radius 3 is 2.30 bits per heavy atom. The Bertz CT molecular complexity index is 1130. The Morgan fingerprint density at radius 2 is 1.67 bits per heavy atom. The van der Waals surface area contributed by atoms with Gasteiger partial charge in [0.2, 0.25) is 0 Å². The van der Waals surface area contributed by atoms with E-state index in [-0.39, 0.29) is 23.7 Å². The zero-order chi connectivity index (χ0) is 21.4. The summed E-state index contributed by atoms with van der Waals surface area (Å²) >= 11 is 6.51. The Hall–Kier alpha value is -3.39. The number of halogens is 3. The zero-order valence-corrected chi connectivity index (χ0v) is 16.4. The van der Waals surface area contributed by atoms with Crippen molar-refractivity contribution in [3.63, 3.8) is 0 Å². The van der Waals surface area contributed by atoms with Gasteiger partial charge in [-0.3, -0.25) is 4.79 Å². The molecule has 4 rings (SSSR count). The number of rotatable bonds is 3. The van der Waals surface area contributed by atoms with Crippen LogP contribution in [-0.4, -0.2) is 28.0 Å². The van der Waals surface area contributed by atoms with Crippen molar-refractivity contribution in [3.05, 3.63) is 76.4 Å². The average molecular weight is 431 g/mol. The SMILES string of the molecule is NC(=O)c1c(Cl)c(-c2ccccc2)n2c1CN(C(=O)Nc1c(F)cccc1F)CC2. The number of carbonyl (C=O) groups is 2. The molecular formula is C21H17ClF2N4O2. The van der Waals surface area contributed by atoms with Crippen LogP contribution in [0.1, 0.15) is 16.1 Å². The van der Waals surface area contributed by atoms with Crippen LogP contribution < -0.4 is 11.1 Å². The van der Waals surface area contributed by atoms with Crippen LogP contribution in [0.3, 0.4) is 0 Å². The van der Waals surface area contributed by atoms with Crippen LogP contribution in [0, 0.1) is 11.6 Å². The van der Waals surface area contributed by atoms with E-state index in [4.69, 9.17) is 17.3 Å². The van der Waals surface area contributed by atoms with Gasteiger partial charge in [0.1, 0.15) is 17.3 Å². The standard InChI is InChI=1S/C21H17ClF2N4O2/c22-17-16(20(25)29)15-11-27(21(30)26-18-13(23)7-4-8-14(18)24)9-10-28(15)19(17)12-5-2-1-3-6-12/h1-8H,9-11H2,(H2,25,29)(H,26,30). The molecule has 9 heteroatoms. The summed E-state index contributed by atoms with van der Waals surface area (Å²) in [5, 5.41) is 2.47. The number of amides is 3. The smallest absolute Gasteiger partial charge is 0.322 e. The zero-order valence-electron chi connectivity index (χ0n) is 15.7. The van der Waals surface area contributed by atoms with Gasteiger partial charge >= 0.3 is 6.03 Å². The lowest BCUT2D eigenvalue weighted by molar-refractivity contribution is 0.0997. The molecule has 2 aromatic carbocycles. The van der Waals surface area contributed by atoms with E-state index in [1.165, 1.54) is 11.0 Å². The molecule has 0 bridgehead atoms. The maximum atomic E-state index is 13.9. The number of hydrogen-bond acceptors (Lipinski definition) is 2. The predicted octanol–water partition coefficient (Wildman–Crippen LogP) is 4.23. The molecule has 154 valence electrons. The number of carbonyl (C=O) groups excluding carboxylic acids is 2. The fourth-order valence-corrected chi connectivity index (χ4v) is 4.04. The van der Waals surface area contributed by atoms with E-state index in [1.54, 1.807) is 0 Å². The third kappa shape index (κ3) is 3.39. The van der Waals surface area contributed by atoms with Crippen molar-refractivity contribution < 1.29 is 18.4 Å². The van der Waals surface area contributed by atoms with Crippen LogP contribution in [0.15, 0.2) is 48.5 Å². The van der Waals surface area contributed by atoms with Gasteiger partial charge in [-0.1, -0.05) is 48.0 Å². The molecule has 1 aliphatic rings. The molecule has 1 aromatic heterocycles. The van der Waals surface area contributed by atoms with Gasteiger partial charge in [0.05, 0.1) is 28.5 Å². The van der Waals surface area contributed by atoms with Gasteiger partial charge in [-0.2, -0.15) is 0 Å². The molecule has 3 aromatic rings. The summed E-state index contributed by atoms with van der Waals surface area (Å²) < 4.78 is 29.6. The molecule has 0 atom stereocenters. The van der Waals surface area contributed by atoms with Crippen molar-refractivity contribution in [1.29, 1.82) is 0 Å². The molecule has 0 saturated carbocycles. The highest BCUT2D eigenvalue weighted by Gasteiger charge is 2.31. The second-order valence-electron chi connectivity index (χ2n) is 6.81. The first kappa shape index (κ1) is 19.9. The highest BCUT2D eigenvalue weighted by molar-refractivity contribution is 6.36. The molecule has 0 spiro atoms. The van der Waals surface area contributed by atoms with E-state index in [9.17, 15) is 18.4 Å². The van der Waals surface area contributed by atoms with Crippen LogP contribution >= 0.6 is 11.6 Å². The number of primary amides is 1. The highest BCUT2D eigenvalue weighted by Crippen LogP contribution is 2.37. The maximum Gasteiger partial charge on any atom is 0.322 e. The van der Waals surface area contributed by atoms with E-state index in [2.05, 4.69) is 5.32 Å². The number of nitrogens with two attached hydrogens (primary N) is 1. The monoisotopic (exact) mass is 430 g/mol.